The van der Waals surface area contributed by atoms with Crippen LogP contribution in [-0.2, 0) is 0 Å². The maximum Gasteiger partial charge on any atom is 0.156 e. The summed E-state index contributed by atoms with van der Waals surface area (Å²) in [5, 5.41) is 6.79. The second-order valence-electron chi connectivity index (χ2n) is 2.37. The molecule has 2 aromatic heterocycles. The number of H-pyrrole nitrogens is 1. The van der Waals surface area contributed by atoms with Crippen molar-refractivity contribution in [3.63, 3.8) is 0 Å². The highest BCUT2D eigenvalue weighted by atomic mass is 32.1. The molecule has 0 saturated carbocycles. The van der Waals surface area contributed by atoms with Gasteiger partial charge in [-0.2, -0.15) is 5.10 Å². The number of rotatable bonds is 1. The van der Waals surface area contributed by atoms with E-state index in [9.17, 15) is 0 Å². The molecule has 0 saturated heterocycles. The van der Waals surface area contributed by atoms with Gasteiger partial charge in [-0.25, -0.2) is 0 Å². The molecule has 0 unspecified atom stereocenters. The van der Waals surface area contributed by atoms with Crippen LogP contribution in [0, 0.1) is 4.64 Å². The van der Waals surface area contributed by atoms with E-state index < -0.39 is 0 Å². The average molecular weight is 177 g/mol. The highest BCUT2D eigenvalue weighted by molar-refractivity contribution is 7.71. The normalized spacial score (nSPS) is 10.0. The van der Waals surface area contributed by atoms with E-state index in [1.54, 1.807) is 0 Å². The molecule has 0 aromatic carbocycles. The van der Waals surface area contributed by atoms with Crippen LogP contribution in [0.15, 0.2) is 36.7 Å². The molecule has 3 nitrogen and oxygen atoms in total. The van der Waals surface area contributed by atoms with Crippen molar-refractivity contribution in [2.24, 2.45) is 0 Å². The molecular weight excluding hydrogens is 170 g/mol. The van der Waals surface area contributed by atoms with Crippen LogP contribution < -0.4 is 0 Å². The Morgan fingerprint density at radius 3 is 2.58 bits per heavy atom. The smallest absolute Gasteiger partial charge is 0.156 e. The van der Waals surface area contributed by atoms with Crippen molar-refractivity contribution in [3.8, 4) is 5.82 Å². The zero-order valence-corrected chi connectivity index (χ0v) is 7.08. The predicted molar refractivity (Wildman–Crippen MR) is 48.7 cm³/mol. The Hall–Kier alpha value is -1.42. The third-order valence-corrected chi connectivity index (χ3v) is 1.76. The van der Waals surface area contributed by atoms with E-state index >= 15 is 0 Å². The largest absolute Gasteiger partial charge is 0.307 e. The zero-order valence-electron chi connectivity index (χ0n) is 6.27. The number of aromatic nitrogens is 3. The zero-order chi connectivity index (χ0) is 8.39. The molecule has 2 heterocycles. The Morgan fingerprint density at radius 2 is 2.00 bits per heavy atom. The SMILES string of the molecule is S=c1ccc(-n2cccc2)n[nH]1. The van der Waals surface area contributed by atoms with Gasteiger partial charge in [0.1, 0.15) is 4.64 Å². The van der Waals surface area contributed by atoms with Gasteiger partial charge in [0.25, 0.3) is 0 Å². The molecule has 0 bridgehead atoms. The van der Waals surface area contributed by atoms with Gasteiger partial charge in [-0.1, -0.05) is 12.2 Å². The Balaban J connectivity index is 2.49. The fourth-order valence-electron chi connectivity index (χ4n) is 0.968. The second kappa shape index (κ2) is 2.91. The maximum atomic E-state index is 4.87. The fourth-order valence-corrected chi connectivity index (χ4v) is 1.08. The number of nitrogens with one attached hydrogen (secondary N) is 1. The Morgan fingerprint density at radius 1 is 1.25 bits per heavy atom. The molecule has 12 heavy (non-hydrogen) atoms. The number of hydrogen-bond acceptors (Lipinski definition) is 2. The van der Waals surface area contributed by atoms with Gasteiger partial charge in [0.05, 0.1) is 0 Å². The lowest BCUT2D eigenvalue weighted by molar-refractivity contribution is 0.912. The first-order chi connectivity index (χ1) is 5.86. The molecule has 2 rings (SSSR count). The van der Waals surface area contributed by atoms with E-state index in [0.717, 1.165) is 5.82 Å². The summed E-state index contributed by atoms with van der Waals surface area (Å²) >= 11 is 4.87. The fraction of sp³-hybridized carbons (Fsp3) is 0. The first kappa shape index (κ1) is 7.24. The summed E-state index contributed by atoms with van der Waals surface area (Å²) in [6.45, 7) is 0. The molecule has 4 heteroatoms. The Kier molecular flexibility index (Phi) is 1.75. The number of aromatic amines is 1. The monoisotopic (exact) mass is 177 g/mol. The van der Waals surface area contributed by atoms with Crippen LogP contribution >= 0.6 is 12.2 Å². The highest BCUT2D eigenvalue weighted by Crippen LogP contribution is 2.01. The van der Waals surface area contributed by atoms with Gasteiger partial charge in [0.2, 0.25) is 0 Å². The summed E-state index contributed by atoms with van der Waals surface area (Å²) in [5.41, 5.74) is 0. The van der Waals surface area contributed by atoms with Crippen LogP contribution in [-0.4, -0.2) is 14.8 Å². The van der Waals surface area contributed by atoms with Gasteiger partial charge < -0.3 is 4.57 Å². The first-order valence-corrected chi connectivity index (χ1v) is 3.96. The molecule has 0 aliphatic rings. The first-order valence-electron chi connectivity index (χ1n) is 3.55. The predicted octanol–water partition coefficient (Wildman–Crippen LogP) is 1.93. The number of nitrogens with zero attached hydrogens (tertiary/aromatic N) is 2. The van der Waals surface area contributed by atoms with E-state index in [1.807, 2.05) is 41.2 Å². The molecule has 0 fully saturated rings. The van der Waals surface area contributed by atoms with Crippen LogP contribution in [0.1, 0.15) is 0 Å². The van der Waals surface area contributed by atoms with E-state index in [2.05, 4.69) is 10.2 Å². The molecule has 0 atom stereocenters. The second-order valence-corrected chi connectivity index (χ2v) is 2.81. The minimum Gasteiger partial charge on any atom is -0.307 e. The highest BCUT2D eigenvalue weighted by Gasteiger charge is 1.92. The molecular formula is C8H7N3S. The minimum atomic E-state index is 0.644. The van der Waals surface area contributed by atoms with Crippen molar-refractivity contribution < 1.29 is 0 Å². The van der Waals surface area contributed by atoms with Gasteiger partial charge in [-0.05, 0) is 24.3 Å². The molecule has 1 N–H and O–H groups in total. The quantitative estimate of drug-likeness (QED) is 0.675. The molecule has 0 aliphatic heterocycles. The minimum absolute atomic E-state index is 0.644. The van der Waals surface area contributed by atoms with Crippen LogP contribution in [0.2, 0.25) is 0 Å². The van der Waals surface area contributed by atoms with Crippen molar-refractivity contribution in [2.45, 2.75) is 0 Å². The van der Waals surface area contributed by atoms with Gasteiger partial charge in [-0.15, -0.1) is 0 Å². The van der Waals surface area contributed by atoms with Crippen LogP contribution in [0.5, 0.6) is 0 Å². The summed E-state index contributed by atoms with van der Waals surface area (Å²) in [5.74, 6) is 0.841. The summed E-state index contributed by atoms with van der Waals surface area (Å²) in [7, 11) is 0. The lowest BCUT2D eigenvalue weighted by Crippen LogP contribution is -1.94. The Bertz CT molecular complexity index is 396. The van der Waals surface area contributed by atoms with Crippen molar-refractivity contribution in [1.29, 1.82) is 0 Å². The lowest BCUT2D eigenvalue weighted by atomic mass is 10.5. The van der Waals surface area contributed by atoms with Crippen molar-refractivity contribution in [1.82, 2.24) is 14.8 Å². The molecule has 0 amide bonds. The maximum absolute atomic E-state index is 4.87. The molecule has 0 spiro atoms. The van der Waals surface area contributed by atoms with Gasteiger partial charge in [0, 0.05) is 12.4 Å². The van der Waals surface area contributed by atoms with Crippen LogP contribution in [0.3, 0.4) is 0 Å². The lowest BCUT2D eigenvalue weighted by Gasteiger charge is -1.98. The van der Waals surface area contributed by atoms with Crippen molar-refractivity contribution in [3.05, 3.63) is 41.3 Å². The standard InChI is InChI=1S/C8H7N3S/c12-8-4-3-7(9-10-8)11-5-1-2-6-11/h1-6H,(H,10,12). The number of hydrogen-bond donors (Lipinski definition) is 1. The molecule has 60 valence electrons. The summed E-state index contributed by atoms with van der Waals surface area (Å²) < 4.78 is 2.55. The third kappa shape index (κ3) is 1.29. The molecule has 0 aliphatic carbocycles. The van der Waals surface area contributed by atoms with Crippen LogP contribution in [0.25, 0.3) is 5.82 Å². The third-order valence-electron chi connectivity index (χ3n) is 1.53. The summed E-state index contributed by atoms with van der Waals surface area (Å²) in [6.07, 6.45) is 3.86. The average Bonchev–Trinajstić information content (AvgIpc) is 2.58. The van der Waals surface area contributed by atoms with Crippen LogP contribution in [0.4, 0.5) is 0 Å². The molecule has 0 radical (unpaired) electrons. The van der Waals surface area contributed by atoms with E-state index in [1.165, 1.54) is 0 Å². The van der Waals surface area contributed by atoms with Gasteiger partial charge in [-0.3, -0.25) is 5.10 Å². The Labute approximate surface area is 74.7 Å². The van der Waals surface area contributed by atoms with Crippen molar-refractivity contribution >= 4 is 12.2 Å². The van der Waals surface area contributed by atoms with Crippen molar-refractivity contribution in [2.75, 3.05) is 0 Å². The van der Waals surface area contributed by atoms with E-state index in [0.29, 0.717) is 4.64 Å². The topological polar surface area (TPSA) is 33.6 Å². The summed E-state index contributed by atoms with van der Waals surface area (Å²) in [6, 6.07) is 7.59. The summed E-state index contributed by atoms with van der Waals surface area (Å²) in [4.78, 5) is 0. The van der Waals surface area contributed by atoms with Gasteiger partial charge >= 0.3 is 0 Å². The van der Waals surface area contributed by atoms with Gasteiger partial charge in [0.15, 0.2) is 5.82 Å². The molecule has 2 aromatic rings. The van der Waals surface area contributed by atoms with E-state index in [-0.39, 0.29) is 0 Å². The van der Waals surface area contributed by atoms with E-state index in [4.69, 9.17) is 12.2 Å².